The van der Waals surface area contributed by atoms with Crippen LogP contribution in [0.4, 0.5) is 0 Å². The van der Waals surface area contributed by atoms with Crippen molar-refractivity contribution in [2.75, 3.05) is 26.7 Å². The average Bonchev–Trinajstić information content (AvgIpc) is 3.28. The van der Waals surface area contributed by atoms with Crippen LogP contribution < -0.4 is 5.32 Å². The molecule has 150 valence electrons. The molecule has 4 heterocycles. The van der Waals surface area contributed by atoms with Crippen molar-refractivity contribution < 1.29 is 4.74 Å². The van der Waals surface area contributed by atoms with Gasteiger partial charge in [-0.25, -0.2) is 4.98 Å². The zero-order valence-corrected chi connectivity index (χ0v) is 18.7. The highest BCUT2D eigenvalue weighted by molar-refractivity contribution is 14.0. The van der Waals surface area contributed by atoms with Crippen molar-refractivity contribution in [2.45, 2.75) is 19.6 Å². The minimum absolute atomic E-state index is 0. The molecule has 4 rings (SSSR count). The van der Waals surface area contributed by atoms with Gasteiger partial charge in [0.2, 0.25) is 0 Å². The Morgan fingerprint density at radius 2 is 2.25 bits per heavy atom. The molecule has 0 spiro atoms. The molecule has 1 aliphatic heterocycles. The van der Waals surface area contributed by atoms with E-state index in [9.17, 15) is 0 Å². The lowest BCUT2D eigenvalue weighted by Gasteiger charge is -2.34. The van der Waals surface area contributed by atoms with Crippen LogP contribution in [0.15, 0.2) is 41.9 Å². The molecule has 3 aromatic rings. The molecular weight excluding hydrogens is 469 g/mol. The van der Waals surface area contributed by atoms with E-state index in [1.165, 1.54) is 5.56 Å². The summed E-state index contributed by atoms with van der Waals surface area (Å²) in [5.74, 6) is 0.862. The molecule has 0 amide bonds. The van der Waals surface area contributed by atoms with Gasteiger partial charge in [0, 0.05) is 44.8 Å². The molecule has 28 heavy (non-hydrogen) atoms. The second-order valence-corrected chi connectivity index (χ2v) is 6.86. The Hall–Kier alpha value is -2.14. The van der Waals surface area contributed by atoms with Gasteiger partial charge in [0.25, 0.3) is 0 Å². The number of ether oxygens (including phenoxy) is 1. The second-order valence-electron chi connectivity index (χ2n) is 6.86. The lowest BCUT2D eigenvalue weighted by Crippen LogP contribution is -2.47. The maximum atomic E-state index is 5.92. The summed E-state index contributed by atoms with van der Waals surface area (Å²) < 4.78 is 9.77. The molecule has 0 aliphatic carbocycles. The average molecular weight is 495 g/mol. The van der Waals surface area contributed by atoms with Crippen molar-refractivity contribution in [2.24, 2.45) is 12.0 Å². The fourth-order valence-corrected chi connectivity index (χ4v) is 3.37. The molecule has 1 fully saturated rings. The van der Waals surface area contributed by atoms with Crippen LogP contribution in [0.25, 0.3) is 5.65 Å². The molecule has 1 unspecified atom stereocenters. The van der Waals surface area contributed by atoms with Gasteiger partial charge in [-0.2, -0.15) is 5.10 Å². The maximum Gasteiger partial charge on any atom is 0.194 e. The fourth-order valence-electron chi connectivity index (χ4n) is 3.37. The highest BCUT2D eigenvalue weighted by Crippen LogP contribution is 2.21. The van der Waals surface area contributed by atoms with E-state index in [1.807, 2.05) is 43.3 Å². The van der Waals surface area contributed by atoms with Gasteiger partial charge in [0.1, 0.15) is 11.8 Å². The SMILES string of the molecule is CN=C(NCc1cn2ccc(C)cc2n1)N1CCOC(c2cnn(C)c2)C1.I. The van der Waals surface area contributed by atoms with Crippen LogP contribution >= 0.6 is 24.0 Å². The van der Waals surface area contributed by atoms with Gasteiger partial charge in [0.15, 0.2) is 5.96 Å². The standard InChI is InChI=1S/C19H25N7O.HI/c1-14-4-5-25-12-16(23-18(25)8-14)10-21-19(20-2)26-6-7-27-17(13-26)15-9-22-24(3)11-15;/h4-5,8-9,11-12,17H,6-7,10,13H2,1-3H3,(H,20,21);1H. The molecule has 0 bridgehead atoms. The van der Waals surface area contributed by atoms with E-state index in [-0.39, 0.29) is 30.1 Å². The van der Waals surface area contributed by atoms with Gasteiger partial charge >= 0.3 is 0 Å². The number of aliphatic imine (C=N–C) groups is 1. The summed E-state index contributed by atoms with van der Waals surface area (Å²) in [6.07, 6.45) is 7.96. The van der Waals surface area contributed by atoms with Crippen molar-refractivity contribution in [3.8, 4) is 0 Å². The number of rotatable bonds is 3. The van der Waals surface area contributed by atoms with E-state index in [4.69, 9.17) is 4.74 Å². The van der Waals surface area contributed by atoms with Gasteiger partial charge in [0.05, 0.1) is 31.6 Å². The first-order chi connectivity index (χ1) is 13.1. The van der Waals surface area contributed by atoms with Crippen molar-refractivity contribution in [1.82, 2.24) is 29.4 Å². The van der Waals surface area contributed by atoms with Gasteiger partial charge in [-0.05, 0) is 24.6 Å². The summed E-state index contributed by atoms with van der Waals surface area (Å²) in [6, 6.07) is 4.16. The number of morpholine rings is 1. The number of aryl methyl sites for hydroxylation is 2. The smallest absolute Gasteiger partial charge is 0.194 e. The predicted molar refractivity (Wildman–Crippen MR) is 119 cm³/mol. The largest absolute Gasteiger partial charge is 0.370 e. The molecule has 0 aromatic carbocycles. The molecule has 0 saturated carbocycles. The van der Waals surface area contributed by atoms with Crippen molar-refractivity contribution in [1.29, 1.82) is 0 Å². The van der Waals surface area contributed by atoms with Gasteiger partial charge in [-0.3, -0.25) is 9.67 Å². The van der Waals surface area contributed by atoms with E-state index >= 15 is 0 Å². The van der Waals surface area contributed by atoms with Crippen LogP contribution in [-0.2, 0) is 18.3 Å². The second kappa shape index (κ2) is 8.91. The van der Waals surface area contributed by atoms with Crippen LogP contribution in [0.3, 0.4) is 0 Å². The maximum absolute atomic E-state index is 5.92. The number of nitrogens with one attached hydrogen (secondary N) is 1. The van der Waals surface area contributed by atoms with Crippen molar-refractivity contribution >= 4 is 35.6 Å². The third-order valence-corrected chi connectivity index (χ3v) is 4.77. The van der Waals surface area contributed by atoms with E-state index < -0.39 is 0 Å². The summed E-state index contributed by atoms with van der Waals surface area (Å²) in [7, 11) is 3.73. The minimum atomic E-state index is 0. The first kappa shape index (κ1) is 20.6. The number of fused-ring (bicyclic) bond motifs is 1. The van der Waals surface area contributed by atoms with Crippen molar-refractivity contribution in [3.63, 3.8) is 0 Å². The number of halogens is 1. The summed E-state index contributed by atoms with van der Waals surface area (Å²) in [5.41, 5.74) is 4.25. The number of hydrogen-bond acceptors (Lipinski definition) is 4. The number of guanidine groups is 1. The molecule has 0 radical (unpaired) electrons. The molecule has 3 aromatic heterocycles. The lowest BCUT2D eigenvalue weighted by atomic mass is 10.1. The van der Waals surface area contributed by atoms with Gasteiger partial charge in [-0.1, -0.05) is 0 Å². The zero-order chi connectivity index (χ0) is 18.8. The number of hydrogen-bond donors (Lipinski definition) is 1. The van der Waals surface area contributed by atoms with E-state index in [0.717, 1.165) is 36.0 Å². The van der Waals surface area contributed by atoms with E-state index in [1.54, 1.807) is 4.68 Å². The monoisotopic (exact) mass is 495 g/mol. The minimum Gasteiger partial charge on any atom is -0.370 e. The normalized spacial score (nSPS) is 17.6. The number of pyridine rings is 1. The summed E-state index contributed by atoms with van der Waals surface area (Å²) in [6.45, 7) is 4.91. The fraction of sp³-hybridized carbons (Fsp3) is 0.421. The molecule has 1 saturated heterocycles. The highest BCUT2D eigenvalue weighted by atomic mass is 127. The van der Waals surface area contributed by atoms with Crippen LogP contribution in [0.2, 0.25) is 0 Å². The third-order valence-electron chi connectivity index (χ3n) is 4.77. The Kier molecular flexibility index (Phi) is 6.55. The summed E-state index contributed by atoms with van der Waals surface area (Å²) >= 11 is 0. The Bertz CT molecular complexity index is 964. The van der Waals surface area contributed by atoms with E-state index in [0.29, 0.717) is 13.2 Å². The lowest BCUT2D eigenvalue weighted by molar-refractivity contribution is -0.00805. The Morgan fingerprint density at radius 1 is 1.39 bits per heavy atom. The molecule has 9 heteroatoms. The molecular formula is C19H26IN7O. The Labute approximate surface area is 181 Å². The van der Waals surface area contributed by atoms with Crippen molar-refractivity contribution in [3.05, 3.63) is 53.7 Å². The number of imidazole rings is 1. The van der Waals surface area contributed by atoms with Crippen LogP contribution in [0.1, 0.15) is 22.9 Å². The zero-order valence-electron chi connectivity index (χ0n) is 16.4. The molecule has 1 atom stereocenters. The van der Waals surface area contributed by atoms with Gasteiger partial charge < -0.3 is 19.4 Å². The third kappa shape index (κ3) is 4.46. The van der Waals surface area contributed by atoms with Gasteiger partial charge in [-0.15, -0.1) is 24.0 Å². The molecule has 8 nitrogen and oxygen atoms in total. The highest BCUT2D eigenvalue weighted by Gasteiger charge is 2.25. The Balaban J connectivity index is 0.00000225. The predicted octanol–water partition coefficient (Wildman–Crippen LogP) is 2.14. The first-order valence-corrected chi connectivity index (χ1v) is 9.12. The number of aromatic nitrogens is 4. The Morgan fingerprint density at radius 3 is 3.00 bits per heavy atom. The summed E-state index contributed by atoms with van der Waals surface area (Å²) in [4.78, 5) is 11.4. The van der Waals surface area contributed by atoms with Crippen LogP contribution in [-0.4, -0.2) is 56.8 Å². The van der Waals surface area contributed by atoms with E-state index in [2.05, 4.69) is 44.3 Å². The van der Waals surface area contributed by atoms with Crippen LogP contribution in [0, 0.1) is 6.92 Å². The molecule has 1 N–H and O–H groups in total. The number of nitrogens with zero attached hydrogens (tertiary/aromatic N) is 6. The topological polar surface area (TPSA) is 72.0 Å². The quantitative estimate of drug-likeness (QED) is 0.343. The summed E-state index contributed by atoms with van der Waals surface area (Å²) in [5, 5.41) is 7.68. The first-order valence-electron chi connectivity index (χ1n) is 9.12. The van der Waals surface area contributed by atoms with Crippen LogP contribution in [0.5, 0.6) is 0 Å². The molecule has 1 aliphatic rings.